The number of hydrogen-bond acceptors (Lipinski definition) is 5. The maximum Gasteiger partial charge on any atom is 0.273 e. The van der Waals surface area contributed by atoms with Crippen LogP contribution in [0.1, 0.15) is 11.1 Å². The number of thioether (sulfide) groups is 1. The molecule has 6 heteroatoms. The van der Waals surface area contributed by atoms with E-state index in [1.807, 2.05) is 73.8 Å². The molecule has 132 valence electrons. The Bertz CT molecular complexity index is 1240. The second-order valence-electron chi connectivity index (χ2n) is 5.71. The van der Waals surface area contributed by atoms with Crippen LogP contribution in [0.15, 0.2) is 58.2 Å². The largest absolute Gasteiger partial charge is 0.273 e. The van der Waals surface area contributed by atoms with E-state index in [1.54, 1.807) is 17.8 Å². The average Bonchev–Trinajstić information content (AvgIpc) is 3.00. The van der Waals surface area contributed by atoms with E-state index >= 15 is 0 Å². The Morgan fingerprint density at radius 3 is 2.37 bits per heavy atom. The summed E-state index contributed by atoms with van der Waals surface area (Å²) in [6.07, 6.45) is 3.80. The summed E-state index contributed by atoms with van der Waals surface area (Å²) < 4.78 is 2.29. The van der Waals surface area contributed by atoms with Crippen LogP contribution in [0, 0.1) is 29.6 Å². The second kappa shape index (κ2) is 8.09. The van der Waals surface area contributed by atoms with Gasteiger partial charge in [0, 0.05) is 4.90 Å². The van der Waals surface area contributed by atoms with Crippen molar-refractivity contribution in [1.82, 2.24) is 4.57 Å². The molecule has 0 saturated carbocycles. The van der Waals surface area contributed by atoms with Crippen LogP contribution in [-0.2, 0) is 0 Å². The summed E-state index contributed by atoms with van der Waals surface area (Å²) in [5, 5.41) is 18.7. The van der Waals surface area contributed by atoms with Gasteiger partial charge < -0.3 is 0 Å². The predicted molar refractivity (Wildman–Crippen MR) is 110 cm³/mol. The van der Waals surface area contributed by atoms with Crippen LogP contribution in [0.5, 0.6) is 0 Å². The lowest BCUT2D eigenvalue weighted by Crippen LogP contribution is -2.31. The number of nitriles is 2. The molecule has 0 bridgehead atoms. The quantitative estimate of drug-likeness (QED) is 0.646. The maximum absolute atomic E-state index is 13.1. The van der Waals surface area contributed by atoms with Crippen molar-refractivity contribution in [1.29, 1.82) is 10.5 Å². The Morgan fingerprint density at radius 1 is 1.11 bits per heavy atom. The van der Waals surface area contributed by atoms with E-state index in [2.05, 4.69) is 0 Å². The Labute approximate surface area is 164 Å². The zero-order valence-electron chi connectivity index (χ0n) is 14.8. The Morgan fingerprint density at radius 2 is 1.78 bits per heavy atom. The van der Waals surface area contributed by atoms with Crippen molar-refractivity contribution in [2.24, 2.45) is 0 Å². The summed E-state index contributed by atoms with van der Waals surface area (Å²) >= 11 is 2.81. The molecule has 2 aromatic carbocycles. The van der Waals surface area contributed by atoms with Crippen LogP contribution in [0.25, 0.3) is 17.3 Å². The summed E-state index contributed by atoms with van der Waals surface area (Å²) in [7, 11) is 0. The third-order valence-electron chi connectivity index (χ3n) is 4.03. The maximum atomic E-state index is 13.1. The van der Waals surface area contributed by atoms with Gasteiger partial charge in [-0.2, -0.15) is 10.5 Å². The predicted octanol–water partition coefficient (Wildman–Crippen LogP) is 2.96. The SMILES string of the molecule is CSc1ccc(/C=c2\sc(=C(C#N)C#N)n(-c3ccccc3C)c2=O)cc1. The lowest BCUT2D eigenvalue weighted by molar-refractivity contribution is 0.975. The van der Waals surface area contributed by atoms with Gasteiger partial charge in [0.1, 0.15) is 16.8 Å². The molecular formula is C21H15N3OS2. The Kier molecular flexibility index (Phi) is 5.61. The molecule has 3 aromatic rings. The van der Waals surface area contributed by atoms with E-state index in [-0.39, 0.29) is 11.1 Å². The summed E-state index contributed by atoms with van der Waals surface area (Å²) in [6.45, 7) is 1.90. The molecule has 0 atom stereocenters. The van der Waals surface area contributed by atoms with Crippen LogP contribution in [-0.4, -0.2) is 10.8 Å². The second-order valence-corrected chi connectivity index (χ2v) is 7.62. The van der Waals surface area contributed by atoms with Gasteiger partial charge in [-0.15, -0.1) is 23.1 Å². The van der Waals surface area contributed by atoms with Gasteiger partial charge in [0.05, 0.1) is 10.2 Å². The molecule has 0 aliphatic heterocycles. The molecule has 0 amide bonds. The van der Waals surface area contributed by atoms with Crippen LogP contribution in [0.2, 0.25) is 0 Å². The van der Waals surface area contributed by atoms with Crippen molar-refractivity contribution in [2.75, 3.05) is 6.26 Å². The third-order valence-corrected chi connectivity index (χ3v) is 5.87. The minimum Gasteiger partial charge on any atom is -0.267 e. The standard InChI is InChI=1S/C21H15N3OS2/c1-14-5-3-4-6-18(14)24-20(25)19(27-21(24)16(12-22)13-23)11-15-7-9-17(26-2)10-8-15/h3-11H,1-2H3/b19-11-. The van der Waals surface area contributed by atoms with Gasteiger partial charge >= 0.3 is 0 Å². The fraction of sp³-hybridized carbons (Fsp3) is 0.0952. The van der Waals surface area contributed by atoms with E-state index in [9.17, 15) is 15.3 Å². The average molecular weight is 390 g/mol. The highest BCUT2D eigenvalue weighted by atomic mass is 32.2. The monoisotopic (exact) mass is 389 g/mol. The Hall–Kier alpha value is -3.06. The number of rotatable bonds is 3. The fourth-order valence-electron chi connectivity index (χ4n) is 2.66. The van der Waals surface area contributed by atoms with Gasteiger partial charge in [0.2, 0.25) is 0 Å². The summed E-state index contributed by atoms with van der Waals surface area (Å²) in [6, 6.07) is 19.1. The summed E-state index contributed by atoms with van der Waals surface area (Å²) in [4.78, 5) is 14.3. The molecule has 0 spiro atoms. The minimum absolute atomic E-state index is 0.0715. The van der Waals surface area contributed by atoms with Crippen molar-refractivity contribution in [3.63, 3.8) is 0 Å². The number of para-hydroxylation sites is 1. The summed E-state index contributed by atoms with van der Waals surface area (Å²) in [5.41, 5.74) is 2.16. The van der Waals surface area contributed by atoms with Gasteiger partial charge in [0.25, 0.3) is 5.56 Å². The van der Waals surface area contributed by atoms with Gasteiger partial charge in [-0.3, -0.25) is 9.36 Å². The first-order valence-corrected chi connectivity index (χ1v) is 10.1. The number of hydrogen-bond donors (Lipinski definition) is 0. The Balaban J connectivity index is 2.35. The van der Waals surface area contributed by atoms with Crippen LogP contribution in [0.4, 0.5) is 0 Å². The first-order valence-electron chi connectivity index (χ1n) is 8.07. The van der Waals surface area contributed by atoms with Crippen molar-refractivity contribution in [2.45, 2.75) is 11.8 Å². The smallest absolute Gasteiger partial charge is 0.267 e. The van der Waals surface area contributed by atoms with Gasteiger partial charge in [-0.1, -0.05) is 30.3 Å². The zero-order valence-corrected chi connectivity index (χ0v) is 16.4. The first kappa shape index (κ1) is 18.7. The normalized spacial score (nSPS) is 11.0. The number of aryl methyl sites for hydroxylation is 1. The molecule has 0 aliphatic rings. The minimum atomic E-state index is -0.235. The van der Waals surface area contributed by atoms with E-state index in [0.29, 0.717) is 14.9 Å². The number of benzene rings is 2. The highest BCUT2D eigenvalue weighted by Crippen LogP contribution is 2.15. The number of nitrogens with zero attached hydrogens (tertiary/aromatic N) is 3. The molecular weight excluding hydrogens is 374 g/mol. The molecule has 27 heavy (non-hydrogen) atoms. The van der Waals surface area contributed by atoms with Crippen molar-refractivity contribution in [3.05, 3.63) is 79.2 Å². The molecule has 1 heterocycles. The molecule has 0 aliphatic carbocycles. The fourth-order valence-corrected chi connectivity index (χ4v) is 4.11. The van der Waals surface area contributed by atoms with E-state index < -0.39 is 0 Å². The highest BCUT2D eigenvalue weighted by molar-refractivity contribution is 7.98. The zero-order chi connectivity index (χ0) is 19.4. The van der Waals surface area contributed by atoms with Crippen molar-refractivity contribution >= 4 is 34.7 Å². The first-order chi connectivity index (χ1) is 13.1. The van der Waals surface area contributed by atoms with Gasteiger partial charge in [0.15, 0.2) is 5.57 Å². The molecule has 0 radical (unpaired) electrons. The third kappa shape index (κ3) is 3.73. The molecule has 0 saturated heterocycles. The number of aromatic nitrogens is 1. The van der Waals surface area contributed by atoms with Crippen molar-refractivity contribution in [3.8, 4) is 17.8 Å². The molecule has 1 aromatic heterocycles. The van der Waals surface area contributed by atoms with E-state index in [4.69, 9.17) is 0 Å². The highest BCUT2D eigenvalue weighted by Gasteiger charge is 2.12. The van der Waals surface area contributed by atoms with Crippen LogP contribution < -0.4 is 14.8 Å². The lowest BCUT2D eigenvalue weighted by atomic mass is 10.2. The molecule has 4 nitrogen and oxygen atoms in total. The molecule has 3 rings (SSSR count). The molecule has 0 unspecified atom stereocenters. The van der Waals surface area contributed by atoms with E-state index in [0.717, 1.165) is 27.4 Å². The van der Waals surface area contributed by atoms with Crippen LogP contribution >= 0.6 is 23.1 Å². The molecule has 0 fully saturated rings. The topological polar surface area (TPSA) is 69.6 Å². The van der Waals surface area contributed by atoms with Crippen LogP contribution in [0.3, 0.4) is 0 Å². The van der Waals surface area contributed by atoms with Gasteiger partial charge in [-0.05, 0) is 48.6 Å². The number of thiazole rings is 1. The summed E-state index contributed by atoms with van der Waals surface area (Å²) in [5.74, 6) is 0. The van der Waals surface area contributed by atoms with Gasteiger partial charge in [-0.25, -0.2) is 0 Å². The van der Waals surface area contributed by atoms with E-state index in [1.165, 1.54) is 4.57 Å². The molecule has 0 N–H and O–H groups in total. The lowest BCUT2D eigenvalue weighted by Gasteiger charge is -2.05. The van der Waals surface area contributed by atoms with Crippen molar-refractivity contribution < 1.29 is 0 Å².